The van der Waals surface area contributed by atoms with Crippen molar-refractivity contribution in [3.05, 3.63) is 18.0 Å². The second-order valence-electron chi connectivity index (χ2n) is 3.96. The van der Waals surface area contributed by atoms with Crippen molar-refractivity contribution in [3.63, 3.8) is 0 Å². The van der Waals surface area contributed by atoms with Crippen LogP contribution in [0, 0.1) is 0 Å². The van der Waals surface area contributed by atoms with Crippen LogP contribution in [0.5, 0.6) is 11.5 Å². The van der Waals surface area contributed by atoms with Gasteiger partial charge in [-0.2, -0.15) is 0 Å². The third-order valence-electron chi connectivity index (χ3n) is 2.68. The third kappa shape index (κ3) is 4.14. The van der Waals surface area contributed by atoms with Crippen LogP contribution in [0.2, 0.25) is 0 Å². The van der Waals surface area contributed by atoms with Crippen molar-refractivity contribution < 1.29 is 9.47 Å². The third-order valence-corrected chi connectivity index (χ3v) is 3.03. The molecule has 18 heavy (non-hydrogen) atoms. The molecule has 0 aromatic carbocycles. The molecule has 0 aliphatic carbocycles. The van der Waals surface area contributed by atoms with E-state index in [1.807, 2.05) is 6.07 Å². The maximum Gasteiger partial charge on any atom is 0.183 e. The van der Waals surface area contributed by atoms with Gasteiger partial charge in [0.15, 0.2) is 11.5 Å². The fourth-order valence-corrected chi connectivity index (χ4v) is 2.38. The summed E-state index contributed by atoms with van der Waals surface area (Å²) >= 11 is 3.48. The van der Waals surface area contributed by atoms with Gasteiger partial charge < -0.3 is 9.47 Å². The summed E-state index contributed by atoms with van der Waals surface area (Å²) in [5.41, 5.74) is 0.922. The lowest BCUT2D eigenvalue weighted by Gasteiger charge is -2.21. The standard InChI is InChI=1S/C13H21BrN2O2/c1-4-8-16(9-6-14)10-11-13(18-3)12(17-2)5-7-15-11/h5,7H,4,6,8-10H2,1-3H3. The second-order valence-corrected chi connectivity index (χ2v) is 4.75. The monoisotopic (exact) mass is 316 g/mol. The van der Waals surface area contributed by atoms with E-state index in [4.69, 9.17) is 9.47 Å². The summed E-state index contributed by atoms with van der Waals surface area (Å²) in [5, 5.41) is 0.958. The van der Waals surface area contributed by atoms with Crippen molar-refractivity contribution in [1.82, 2.24) is 9.88 Å². The number of hydrogen-bond donors (Lipinski definition) is 0. The van der Waals surface area contributed by atoms with E-state index in [9.17, 15) is 0 Å². The van der Waals surface area contributed by atoms with Gasteiger partial charge in [0.05, 0.1) is 14.2 Å². The van der Waals surface area contributed by atoms with Crippen molar-refractivity contribution in [3.8, 4) is 11.5 Å². The Labute approximate surface area is 117 Å². The van der Waals surface area contributed by atoms with Gasteiger partial charge in [0.2, 0.25) is 0 Å². The molecule has 0 radical (unpaired) electrons. The predicted octanol–water partition coefficient (Wildman–Crippen LogP) is 2.71. The molecule has 0 amide bonds. The minimum absolute atomic E-state index is 0.732. The maximum absolute atomic E-state index is 5.40. The number of nitrogens with zero attached hydrogens (tertiary/aromatic N) is 2. The van der Waals surface area contributed by atoms with Gasteiger partial charge in [0.25, 0.3) is 0 Å². The zero-order valence-corrected chi connectivity index (χ0v) is 12.9. The van der Waals surface area contributed by atoms with Gasteiger partial charge in [0.1, 0.15) is 5.69 Å². The Morgan fingerprint density at radius 2 is 2.06 bits per heavy atom. The summed E-state index contributed by atoms with van der Waals surface area (Å²) in [4.78, 5) is 6.75. The maximum atomic E-state index is 5.40. The van der Waals surface area contributed by atoms with Crippen LogP contribution in [0.25, 0.3) is 0 Å². The highest BCUT2D eigenvalue weighted by atomic mass is 79.9. The van der Waals surface area contributed by atoms with Gasteiger partial charge in [-0.15, -0.1) is 0 Å². The second kappa shape index (κ2) is 8.32. The molecule has 0 spiro atoms. The fraction of sp³-hybridized carbons (Fsp3) is 0.615. The van der Waals surface area contributed by atoms with E-state index in [0.29, 0.717) is 0 Å². The van der Waals surface area contributed by atoms with Crippen molar-refractivity contribution in [1.29, 1.82) is 0 Å². The molecule has 0 atom stereocenters. The number of aromatic nitrogens is 1. The molecule has 0 aliphatic rings. The highest BCUT2D eigenvalue weighted by molar-refractivity contribution is 9.09. The smallest absolute Gasteiger partial charge is 0.183 e. The normalized spacial score (nSPS) is 10.7. The van der Waals surface area contributed by atoms with Crippen LogP contribution in [0.3, 0.4) is 0 Å². The Morgan fingerprint density at radius 3 is 2.61 bits per heavy atom. The highest BCUT2D eigenvalue weighted by Gasteiger charge is 2.14. The van der Waals surface area contributed by atoms with Gasteiger partial charge in [-0.05, 0) is 13.0 Å². The first-order valence-electron chi connectivity index (χ1n) is 6.11. The molecular formula is C13H21BrN2O2. The predicted molar refractivity (Wildman–Crippen MR) is 76.7 cm³/mol. The Bertz CT molecular complexity index is 355. The molecule has 0 aliphatic heterocycles. The van der Waals surface area contributed by atoms with Crippen molar-refractivity contribution >= 4 is 15.9 Å². The largest absolute Gasteiger partial charge is 0.493 e. The molecule has 5 heteroatoms. The van der Waals surface area contributed by atoms with Crippen LogP contribution in [0.1, 0.15) is 19.0 Å². The molecule has 0 saturated heterocycles. The first-order chi connectivity index (χ1) is 8.76. The van der Waals surface area contributed by atoms with Crippen molar-refractivity contribution in [2.75, 3.05) is 32.6 Å². The van der Waals surface area contributed by atoms with Crippen LogP contribution in [-0.2, 0) is 6.54 Å². The number of halogens is 1. The molecule has 1 heterocycles. The highest BCUT2D eigenvalue weighted by Crippen LogP contribution is 2.29. The zero-order chi connectivity index (χ0) is 13.4. The van der Waals surface area contributed by atoms with Crippen molar-refractivity contribution in [2.45, 2.75) is 19.9 Å². The number of pyridine rings is 1. The zero-order valence-electron chi connectivity index (χ0n) is 11.3. The Morgan fingerprint density at radius 1 is 1.28 bits per heavy atom. The summed E-state index contributed by atoms with van der Waals surface area (Å²) in [6.45, 7) is 5.00. The first kappa shape index (κ1) is 15.2. The van der Waals surface area contributed by atoms with Gasteiger partial charge in [-0.1, -0.05) is 22.9 Å². The Kier molecular flexibility index (Phi) is 7.05. The first-order valence-corrected chi connectivity index (χ1v) is 7.23. The van der Waals surface area contributed by atoms with E-state index in [0.717, 1.165) is 48.6 Å². The molecule has 1 rings (SSSR count). The minimum atomic E-state index is 0.732. The Hall–Kier alpha value is -0.810. The summed E-state index contributed by atoms with van der Waals surface area (Å²) in [5.74, 6) is 1.47. The van der Waals surface area contributed by atoms with Gasteiger partial charge in [-0.3, -0.25) is 9.88 Å². The lowest BCUT2D eigenvalue weighted by molar-refractivity contribution is 0.270. The topological polar surface area (TPSA) is 34.6 Å². The average Bonchev–Trinajstić information content (AvgIpc) is 2.39. The minimum Gasteiger partial charge on any atom is -0.493 e. The van der Waals surface area contributed by atoms with Crippen LogP contribution >= 0.6 is 15.9 Å². The van der Waals surface area contributed by atoms with Crippen LogP contribution in [0.15, 0.2) is 12.3 Å². The summed E-state index contributed by atoms with van der Waals surface area (Å²) in [6, 6.07) is 1.82. The van der Waals surface area contributed by atoms with E-state index in [2.05, 4.69) is 32.7 Å². The summed E-state index contributed by atoms with van der Waals surface area (Å²) < 4.78 is 10.7. The van der Waals surface area contributed by atoms with Gasteiger partial charge in [-0.25, -0.2) is 0 Å². The van der Waals surface area contributed by atoms with Crippen molar-refractivity contribution in [2.24, 2.45) is 0 Å². The summed E-state index contributed by atoms with van der Waals surface area (Å²) in [6.07, 6.45) is 2.88. The molecular weight excluding hydrogens is 296 g/mol. The average molecular weight is 317 g/mol. The lowest BCUT2D eigenvalue weighted by Crippen LogP contribution is -2.26. The van der Waals surface area contributed by atoms with E-state index in [1.165, 1.54) is 0 Å². The summed E-state index contributed by atoms with van der Waals surface area (Å²) in [7, 11) is 3.29. The molecule has 102 valence electrons. The van der Waals surface area contributed by atoms with E-state index in [1.54, 1.807) is 20.4 Å². The molecule has 1 aromatic rings. The number of rotatable bonds is 8. The van der Waals surface area contributed by atoms with E-state index < -0.39 is 0 Å². The molecule has 4 nitrogen and oxygen atoms in total. The number of alkyl halides is 1. The molecule has 0 N–H and O–H groups in total. The SMILES string of the molecule is CCCN(CCBr)Cc1nccc(OC)c1OC. The quantitative estimate of drug-likeness (QED) is 0.691. The van der Waals surface area contributed by atoms with Crippen LogP contribution in [0.4, 0.5) is 0 Å². The fourth-order valence-electron chi connectivity index (χ4n) is 1.88. The van der Waals surface area contributed by atoms with Crippen LogP contribution in [-0.4, -0.2) is 42.5 Å². The number of ether oxygens (including phenoxy) is 2. The lowest BCUT2D eigenvalue weighted by atomic mass is 10.2. The molecule has 0 unspecified atom stereocenters. The van der Waals surface area contributed by atoms with Gasteiger partial charge >= 0.3 is 0 Å². The van der Waals surface area contributed by atoms with Gasteiger partial charge in [0, 0.05) is 30.7 Å². The van der Waals surface area contributed by atoms with Crippen LogP contribution < -0.4 is 9.47 Å². The molecule has 0 fully saturated rings. The molecule has 0 bridgehead atoms. The molecule has 1 aromatic heterocycles. The van der Waals surface area contributed by atoms with E-state index >= 15 is 0 Å². The number of methoxy groups -OCH3 is 2. The number of hydrogen-bond acceptors (Lipinski definition) is 4. The molecule has 0 saturated carbocycles. The Balaban J connectivity index is 2.87. The van der Waals surface area contributed by atoms with E-state index in [-0.39, 0.29) is 0 Å².